The van der Waals surface area contributed by atoms with Crippen molar-refractivity contribution in [3.05, 3.63) is 82.2 Å². The lowest BCUT2D eigenvalue weighted by atomic mass is 10.1. The van der Waals surface area contributed by atoms with Crippen LogP contribution in [0.5, 0.6) is 0 Å². The van der Waals surface area contributed by atoms with Crippen LogP contribution < -0.4 is 5.32 Å². The van der Waals surface area contributed by atoms with E-state index in [2.05, 4.69) is 22.2 Å². The number of aromatic nitrogens is 2. The van der Waals surface area contributed by atoms with Crippen LogP contribution in [0.4, 0.5) is 5.69 Å². The van der Waals surface area contributed by atoms with E-state index in [0.29, 0.717) is 26.9 Å². The number of anilines is 1. The number of hydrogen-bond acceptors (Lipinski definition) is 3. The summed E-state index contributed by atoms with van der Waals surface area (Å²) < 4.78 is 0. The van der Waals surface area contributed by atoms with Crippen LogP contribution in [0.3, 0.4) is 0 Å². The van der Waals surface area contributed by atoms with Crippen molar-refractivity contribution in [1.29, 1.82) is 0 Å². The molecule has 0 spiro atoms. The van der Waals surface area contributed by atoms with E-state index in [-0.39, 0.29) is 16.8 Å². The van der Waals surface area contributed by atoms with E-state index in [1.165, 1.54) is 12.4 Å². The van der Waals surface area contributed by atoms with E-state index in [4.69, 9.17) is 34.8 Å². The molecule has 4 nitrogen and oxygen atoms in total. The molecule has 2 heterocycles. The molecule has 0 unspecified atom stereocenters. The predicted molar refractivity (Wildman–Crippen MR) is 101 cm³/mol. The SMILES string of the molecule is [CH2]c1ccc(C(=O)Nc2cccc(-c3ccnc(Cl)c3Cl)c2Cl)nc1. The second kappa shape index (κ2) is 7.40. The maximum absolute atomic E-state index is 12.3. The summed E-state index contributed by atoms with van der Waals surface area (Å²) in [6, 6.07) is 10.2. The number of nitrogens with zero attached hydrogens (tertiary/aromatic N) is 2. The van der Waals surface area contributed by atoms with Crippen molar-refractivity contribution in [3.63, 3.8) is 0 Å². The Balaban J connectivity index is 1.95. The zero-order chi connectivity index (χ0) is 18.0. The Morgan fingerprint density at radius 3 is 2.44 bits per heavy atom. The molecule has 0 atom stereocenters. The van der Waals surface area contributed by atoms with Gasteiger partial charge < -0.3 is 5.32 Å². The number of carbonyl (C=O) groups is 1. The van der Waals surface area contributed by atoms with Crippen LogP contribution in [0.2, 0.25) is 15.2 Å². The zero-order valence-electron chi connectivity index (χ0n) is 12.8. The molecular formula is C18H11Cl3N3O. The third-order valence-corrected chi connectivity index (χ3v) is 4.61. The minimum absolute atomic E-state index is 0.183. The predicted octanol–water partition coefficient (Wildman–Crippen LogP) is 5.54. The fourth-order valence-electron chi connectivity index (χ4n) is 2.21. The van der Waals surface area contributed by atoms with Gasteiger partial charge in [0.2, 0.25) is 0 Å². The molecular weight excluding hydrogens is 381 g/mol. The van der Waals surface area contributed by atoms with Crippen molar-refractivity contribution in [3.8, 4) is 11.1 Å². The normalized spacial score (nSPS) is 10.6. The van der Waals surface area contributed by atoms with E-state index >= 15 is 0 Å². The highest BCUT2D eigenvalue weighted by molar-refractivity contribution is 6.44. The van der Waals surface area contributed by atoms with Crippen molar-refractivity contribution in [2.24, 2.45) is 0 Å². The summed E-state index contributed by atoms with van der Waals surface area (Å²) in [5, 5.41) is 3.56. The summed E-state index contributed by atoms with van der Waals surface area (Å²) in [5.74, 6) is -0.377. The first-order valence-corrected chi connectivity index (χ1v) is 8.29. The minimum Gasteiger partial charge on any atom is -0.319 e. The number of carbonyl (C=O) groups excluding carboxylic acids is 1. The van der Waals surface area contributed by atoms with E-state index in [1.54, 1.807) is 36.4 Å². The average molecular weight is 392 g/mol. The number of hydrogen-bond donors (Lipinski definition) is 1. The summed E-state index contributed by atoms with van der Waals surface area (Å²) in [5.41, 5.74) is 2.69. The second-order valence-corrected chi connectivity index (χ2v) is 6.25. The highest BCUT2D eigenvalue weighted by Gasteiger charge is 2.15. The highest BCUT2D eigenvalue weighted by Crippen LogP contribution is 2.39. The quantitative estimate of drug-likeness (QED) is 0.596. The van der Waals surface area contributed by atoms with Gasteiger partial charge in [0, 0.05) is 23.5 Å². The topological polar surface area (TPSA) is 54.9 Å². The molecule has 2 aromatic heterocycles. The van der Waals surface area contributed by atoms with Crippen molar-refractivity contribution in [2.75, 3.05) is 5.32 Å². The lowest BCUT2D eigenvalue weighted by Crippen LogP contribution is -2.14. The summed E-state index contributed by atoms with van der Waals surface area (Å²) in [6.07, 6.45) is 3.06. The fraction of sp³-hybridized carbons (Fsp3) is 0. The van der Waals surface area contributed by atoms with Crippen molar-refractivity contribution in [1.82, 2.24) is 9.97 Å². The third-order valence-electron chi connectivity index (χ3n) is 3.44. The van der Waals surface area contributed by atoms with Gasteiger partial charge in [0.05, 0.1) is 15.7 Å². The molecule has 1 radical (unpaired) electrons. The second-order valence-electron chi connectivity index (χ2n) is 5.14. The van der Waals surface area contributed by atoms with Crippen LogP contribution in [-0.4, -0.2) is 15.9 Å². The molecule has 0 saturated carbocycles. The molecule has 0 fully saturated rings. The largest absolute Gasteiger partial charge is 0.319 e. The van der Waals surface area contributed by atoms with E-state index in [9.17, 15) is 4.79 Å². The van der Waals surface area contributed by atoms with Gasteiger partial charge in [0.25, 0.3) is 5.91 Å². The Morgan fingerprint density at radius 1 is 0.960 bits per heavy atom. The summed E-state index contributed by atoms with van der Waals surface area (Å²) in [4.78, 5) is 20.3. The molecule has 125 valence electrons. The maximum Gasteiger partial charge on any atom is 0.274 e. The molecule has 25 heavy (non-hydrogen) atoms. The van der Waals surface area contributed by atoms with Crippen LogP contribution in [0.15, 0.2) is 48.8 Å². The van der Waals surface area contributed by atoms with Gasteiger partial charge in [-0.05, 0) is 30.7 Å². The molecule has 0 saturated heterocycles. The molecule has 0 bridgehead atoms. The summed E-state index contributed by atoms with van der Waals surface area (Å²) >= 11 is 18.6. The smallest absolute Gasteiger partial charge is 0.274 e. The number of amides is 1. The van der Waals surface area contributed by atoms with Gasteiger partial charge in [-0.1, -0.05) is 53.0 Å². The van der Waals surface area contributed by atoms with Gasteiger partial charge >= 0.3 is 0 Å². The fourth-order valence-corrected chi connectivity index (χ4v) is 2.85. The standard InChI is InChI=1S/C18H11Cl3N3O/c1-10-5-6-14(23-9-10)18(25)24-13-4-2-3-11(15(13)19)12-7-8-22-17(21)16(12)20/h2-9H,1H2,(H,24,25). The van der Waals surface area contributed by atoms with E-state index in [0.717, 1.165) is 5.56 Å². The number of rotatable bonds is 3. The van der Waals surface area contributed by atoms with Gasteiger partial charge in [0.15, 0.2) is 0 Å². The van der Waals surface area contributed by atoms with Crippen LogP contribution in [0.1, 0.15) is 16.1 Å². The van der Waals surface area contributed by atoms with Crippen LogP contribution in [-0.2, 0) is 0 Å². The Bertz CT molecular complexity index is 943. The molecule has 1 N–H and O–H groups in total. The maximum atomic E-state index is 12.3. The number of halogens is 3. The first-order chi connectivity index (χ1) is 12.0. The molecule has 0 aliphatic heterocycles. The average Bonchev–Trinajstić information content (AvgIpc) is 2.60. The van der Waals surface area contributed by atoms with E-state index in [1.807, 2.05) is 0 Å². The van der Waals surface area contributed by atoms with Crippen molar-refractivity contribution in [2.45, 2.75) is 0 Å². The molecule has 0 aliphatic rings. The molecule has 0 aliphatic carbocycles. The lowest BCUT2D eigenvalue weighted by Gasteiger charge is -2.12. The Morgan fingerprint density at radius 2 is 1.72 bits per heavy atom. The van der Waals surface area contributed by atoms with Crippen molar-refractivity contribution < 1.29 is 4.79 Å². The molecule has 3 aromatic rings. The lowest BCUT2D eigenvalue weighted by molar-refractivity contribution is 0.102. The van der Waals surface area contributed by atoms with Crippen LogP contribution in [0.25, 0.3) is 11.1 Å². The highest BCUT2D eigenvalue weighted by atomic mass is 35.5. The van der Waals surface area contributed by atoms with Gasteiger partial charge in [0.1, 0.15) is 10.8 Å². The van der Waals surface area contributed by atoms with Crippen LogP contribution >= 0.6 is 34.8 Å². The first-order valence-electron chi connectivity index (χ1n) is 7.15. The van der Waals surface area contributed by atoms with E-state index < -0.39 is 0 Å². The van der Waals surface area contributed by atoms with Crippen LogP contribution in [0, 0.1) is 6.92 Å². The number of pyridine rings is 2. The van der Waals surface area contributed by atoms with Gasteiger partial charge in [-0.25, -0.2) is 4.98 Å². The third kappa shape index (κ3) is 3.76. The monoisotopic (exact) mass is 390 g/mol. The summed E-state index contributed by atoms with van der Waals surface area (Å²) in [7, 11) is 0. The molecule has 3 rings (SSSR count). The minimum atomic E-state index is -0.377. The Kier molecular flexibility index (Phi) is 5.23. The Hall–Kier alpha value is -2.14. The Labute approximate surface area is 159 Å². The number of nitrogens with one attached hydrogen (secondary N) is 1. The summed E-state index contributed by atoms with van der Waals surface area (Å²) in [6.45, 7) is 3.74. The number of benzene rings is 1. The molecule has 1 amide bonds. The first kappa shape index (κ1) is 17.7. The van der Waals surface area contributed by atoms with Gasteiger partial charge in [-0.3, -0.25) is 9.78 Å². The van der Waals surface area contributed by atoms with Gasteiger partial charge in [-0.2, -0.15) is 0 Å². The molecule has 1 aromatic carbocycles. The molecule has 7 heteroatoms. The van der Waals surface area contributed by atoms with Gasteiger partial charge in [-0.15, -0.1) is 0 Å². The zero-order valence-corrected chi connectivity index (χ0v) is 15.0. The van der Waals surface area contributed by atoms with Crippen molar-refractivity contribution >= 4 is 46.4 Å².